The highest BCUT2D eigenvalue weighted by Crippen LogP contribution is 2.32. The SMILES string of the molecule is Cc1nnc(SCC(=O)NCC(N)=O)n1C1CCCCC1. The van der Waals surface area contributed by atoms with Crippen LogP contribution in [-0.4, -0.2) is 38.9 Å². The molecule has 1 aromatic rings. The maximum atomic E-state index is 11.6. The first-order chi connectivity index (χ1) is 10.1. The Morgan fingerprint density at radius 1 is 1.33 bits per heavy atom. The van der Waals surface area contributed by atoms with Crippen molar-refractivity contribution in [3.05, 3.63) is 5.82 Å². The Bertz CT molecular complexity index is 511. The zero-order valence-electron chi connectivity index (χ0n) is 12.2. The molecule has 1 saturated carbocycles. The number of rotatable bonds is 6. The highest BCUT2D eigenvalue weighted by Gasteiger charge is 2.21. The lowest BCUT2D eigenvalue weighted by Crippen LogP contribution is -2.34. The van der Waals surface area contributed by atoms with Crippen LogP contribution in [0.25, 0.3) is 0 Å². The standard InChI is InChI=1S/C13H21N5O2S/c1-9-16-17-13(18(9)10-5-3-2-4-6-10)21-8-12(20)15-7-11(14)19/h10H,2-8H2,1H3,(H2,14,19)(H,15,20). The van der Waals surface area contributed by atoms with Gasteiger partial charge < -0.3 is 15.6 Å². The Morgan fingerprint density at radius 3 is 2.71 bits per heavy atom. The molecule has 2 rings (SSSR count). The lowest BCUT2D eigenvalue weighted by molar-refractivity contribution is -0.123. The number of aromatic nitrogens is 3. The largest absolute Gasteiger partial charge is 0.368 e. The summed E-state index contributed by atoms with van der Waals surface area (Å²) in [5, 5.41) is 11.5. The minimum absolute atomic E-state index is 0.131. The third kappa shape index (κ3) is 4.45. The van der Waals surface area contributed by atoms with Crippen LogP contribution in [0.2, 0.25) is 0 Å². The van der Waals surface area contributed by atoms with Crippen molar-refractivity contribution < 1.29 is 9.59 Å². The van der Waals surface area contributed by atoms with Gasteiger partial charge in [-0.05, 0) is 19.8 Å². The van der Waals surface area contributed by atoms with E-state index in [-0.39, 0.29) is 18.2 Å². The average Bonchev–Trinajstić information content (AvgIpc) is 2.84. The van der Waals surface area contributed by atoms with Gasteiger partial charge >= 0.3 is 0 Å². The van der Waals surface area contributed by atoms with E-state index in [1.54, 1.807) is 0 Å². The van der Waals surface area contributed by atoms with Gasteiger partial charge in [0.1, 0.15) is 5.82 Å². The minimum Gasteiger partial charge on any atom is -0.368 e. The second kappa shape index (κ2) is 7.44. The quantitative estimate of drug-likeness (QED) is 0.756. The molecule has 0 saturated heterocycles. The molecule has 7 nitrogen and oxygen atoms in total. The predicted octanol–water partition coefficient (Wildman–Crippen LogP) is 0.785. The first kappa shape index (κ1) is 15.8. The first-order valence-electron chi connectivity index (χ1n) is 7.17. The maximum Gasteiger partial charge on any atom is 0.236 e. The van der Waals surface area contributed by atoms with E-state index in [2.05, 4.69) is 20.1 Å². The fourth-order valence-corrected chi connectivity index (χ4v) is 3.46. The van der Waals surface area contributed by atoms with Crippen molar-refractivity contribution in [1.82, 2.24) is 20.1 Å². The van der Waals surface area contributed by atoms with Crippen molar-refractivity contribution in [3.8, 4) is 0 Å². The van der Waals surface area contributed by atoms with E-state index in [9.17, 15) is 9.59 Å². The smallest absolute Gasteiger partial charge is 0.236 e. The summed E-state index contributed by atoms with van der Waals surface area (Å²) in [6.07, 6.45) is 6.02. The van der Waals surface area contributed by atoms with Crippen LogP contribution in [0.5, 0.6) is 0 Å². The van der Waals surface area contributed by atoms with Crippen molar-refractivity contribution in [1.29, 1.82) is 0 Å². The Kier molecular flexibility index (Phi) is 5.60. The molecule has 0 aromatic carbocycles. The van der Waals surface area contributed by atoms with Crippen LogP contribution >= 0.6 is 11.8 Å². The number of hydrogen-bond acceptors (Lipinski definition) is 5. The molecule has 0 bridgehead atoms. The topological polar surface area (TPSA) is 103 Å². The second-order valence-corrected chi connectivity index (χ2v) is 6.17. The number of nitrogens with two attached hydrogens (primary N) is 1. The monoisotopic (exact) mass is 311 g/mol. The Morgan fingerprint density at radius 2 is 2.05 bits per heavy atom. The Labute approximate surface area is 128 Å². The van der Waals surface area contributed by atoms with Gasteiger partial charge in [0.15, 0.2) is 5.16 Å². The van der Waals surface area contributed by atoms with E-state index in [4.69, 9.17) is 5.73 Å². The van der Waals surface area contributed by atoms with Crippen molar-refractivity contribution >= 4 is 23.6 Å². The molecular weight excluding hydrogens is 290 g/mol. The highest BCUT2D eigenvalue weighted by molar-refractivity contribution is 7.99. The summed E-state index contributed by atoms with van der Waals surface area (Å²) in [6, 6.07) is 0.435. The van der Waals surface area contributed by atoms with E-state index in [0.717, 1.165) is 23.8 Å². The molecule has 116 valence electrons. The van der Waals surface area contributed by atoms with Crippen LogP contribution in [0.1, 0.15) is 44.0 Å². The van der Waals surface area contributed by atoms with E-state index in [1.165, 1.54) is 31.0 Å². The lowest BCUT2D eigenvalue weighted by Gasteiger charge is -2.24. The minimum atomic E-state index is -0.547. The molecule has 2 amide bonds. The number of carbonyl (C=O) groups is 2. The molecule has 0 aliphatic heterocycles. The van der Waals surface area contributed by atoms with E-state index < -0.39 is 5.91 Å². The maximum absolute atomic E-state index is 11.6. The van der Waals surface area contributed by atoms with E-state index in [1.807, 2.05) is 6.92 Å². The number of thioether (sulfide) groups is 1. The molecule has 1 heterocycles. The van der Waals surface area contributed by atoms with Gasteiger partial charge in [0.05, 0.1) is 12.3 Å². The normalized spacial score (nSPS) is 15.9. The summed E-state index contributed by atoms with van der Waals surface area (Å²) in [4.78, 5) is 22.2. The van der Waals surface area contributed by atoms with Crippen molar-refractivity contribution in [3.63, 3.8) is 0 Å². The average molecular weight is 311 g/mol. The molecule has 8 heteroatoms. The number of nitrogens with one attached hydrogen (secondary N) is 1. The molecule has 1 fully saturated rings. The van der Waals surface area contributed by atoms with Gasteiger partial charge in [-0.15, -0.1) is 10.2 Å². The Hall–Kier alpha value is -1.57. The third-order valence-corrected chi connectivity index (χ3v) is 4.51. The van der Waals surface area contributed by atoms with Gasteiger partial charge in [-0.1, -0.05) is 31.0 Å². The van der Waals surface area contributed by atoms with Crippen molar-refractivity contribution in [2.75, 3.05) is 12.3 Å². The molecule has 0 spiro atoms. The zero-order valence-corrected chi connectivity index (χ0v) is 13.0. The molecule has 0 unspecified atom stereocenters. The highest BCUT2D eigenvalue weighted by atomic mass is 32.2. The van der Waals surface area contributed by atoms with Crippen LogP contribution in [-0.2, 0) is 9.59 Å². The lowest BCUT2D eigenvalue weighted by atomic mass is 9.95. The molecule has 3 N–H and O–H groups in total. The van der Waals surface area contributed by atoms with Gasteiger partial charge in [-0.25, -0.2) is 0 Å². The molecule has 0 radical (unpaired) electrons. The molecule has 1 aliphatic carbocycles. The molecule has 0 atom stereocenters. The summed E-state index contributed by atoms with van der Waals surface area (Å²) in [6.45, 7) is 1.81. The number of aryl methyl sites for hydroxylation is 1. The molecule has 1 aliphatic rings. The summed E-state index contributed by atoms with van der Waals surface area (Å²) < 4.78 is 2.14. The first-order valence-corrected chi connectivity index (χ1v) is 8.16. The van der Waals surface area contributed by atoms with Crippen molar-refractivity contribution in [2.45, 2.75) is 50.2 Å². The van der Waals surface area contributed by atoms with Gasteiger partial charge in [0.25, 0.3) is 0 Å². The summed E-state index contributed by atoms with van der Waals surface area (Å²) in [5.74, 6) is 0.323. The number of nitrogens with zero attached hydrogens (tertiary/aromatic N) is 3. The van der Waals surface area contributed by atoms with E-state index >= 15 is 0 Å². The third-order valence-electron chi connectivity index (χ3n) is 3.57. The van der Waals surface area contributed by atoms with Crippen LogP contribution in [0, 0.1) is 6.92 Å². The number of primary amides is 1. The van der Waals surface area contributed by atoms with Gasteiger partial charge in [0.2, 0.25) is 11.8 Å². The number of amides is 2. The number of carbonyl (C=O) groups excluding carboxylic acids is 2. The zero-order chi connectivity index (χ0) is 15.2. The summed E-state index contributed by atoms with van der Waals surface area (Å²) in [5.41, 5.74) is 4.99. The predicted molar refractivity (Wildman–Crippen MR) is 79.8 cm³/mol. The van der Waals surface area contributed by atoms with Gasteiger partial charge in [0, 0.05) is 6.04 Å². The van der Waals surface area contributed by atoms with E-state index in [0.29, 0.717) is 6.04 Å². The molecule has 1 aromatic heterocycles. The van der Waals surface area contributed by atoms with Crippen molar-refractivity contribution in [2.24, 2.45) is 5.73 Å². The molecular formula is C13H21N5O2S. The summed E-state index contributed by atoms with van der Waals surface area (Å²) in [7, 11) is 0. The summed E-state index contributed by atoms with van der Waals surface area (Å²) >= 11 is 1.35. The number of hydrogen-bond donors (Lipinski definition) is 2. The van der Waals surface area contributed by atoms with Gasteiger partial charge in [-0.2, -0.15) is 0 Å². The Balaban J connectivity index is 1.94. The van der Waals surface area contributed by atoms with Gasteiger partial charge in [-0.3, -0.25) is 9.59 Å². The second-order valence-electron chi connectivity index (χ2n) is 5.22. The fourth-order valence-electron chi connectivity index (χ4n) is 2.57. The fraction of sp³-hybridized carbons (Fsp3) is 0.692. The van der Waals surface area contributed by atoms with Crippen LogP contribution in [0.15, 0.2) is 5.16 Å². The van der Waals surface area contributed by atoms with Crippen LogP contribution < -0.4 is 11.1 Å². The van der Waals surface area contributed by atoms with Crippen LogP contribution in [0.4, 0.5) is 0 Å². The van der Waals surface area contributed by atoms with Crippen LogP contribution in [0.3, 0.4) is 0 Å². The molecule has 21 heavy (non-hydrogen) atoms.